The first-order valence-electron chi connectivity index (χ1n) is 7.84. The van der Waals surface area contributed by atoms with E-state index in [4.69, 9.17) is 4.74 Å². The van der Waals surface area contributed by atoms with E-state index < -0.39 is 0 Å². The lowest BCUT2D eigenvalue weighted by Gasteiger charge is -2.24. The Bertz CT molecular complexity index is 262. The Balaban J connectivity index is 2.19. The summed E-state index contributed by atoms with van der Waals surface area (Å²) in [6.07, 6.45) is 8.64. The Kier molecular flexibility index (Phi) is 6.84. The molecular formula is C16H31NO2. The fourth-order valence-electron chi connectivity index (χ4n) is 2.77. The first-order valence-corrected chi connectivity index (χ1v) is 7.84. The van der Waals surface area contributed by atoms with Gasteiger partial charge in [0.1, 0.15) is 5.60 Å². The molecule has 1 aliphatic rings. The van der Waals surface area contributed by atoms with E-state index in [1.54, 1.807) is 0 Å². The zero-order valence-electron chi connectivity index (χ0n) is 13.1. The molecule has 1 rings (SSSR count). The Labute approximate surface area is 118 Å². The van der Waals surface area contributed by atoms with Gasteiger partial charge in [-0.15, -0.1) is 0 Å². The zero-order valence-corrected chi connectivity index (χ0v) is 13.1. The SMILES string of the molecule is C[C@@H](NCCC(=O)OC(C)(C)C)C1CCCCCC1. The van der Waals surface area contributed by atoms with E-state index in [1.165, 1.54) is 38.5 Å². The highest BCUT2D eigenvalue weighted by Crippen LogP contribution is 2.25. The fraction of sp³-hybridized carbons (Fsp3) is 0.938. The molecule has 0 amide bonds. The highest BCUT2D eigenvalue weighted by atomic mass is 16.6. The number of rotatable bonds is 5. The first-order chi connectivity index (χ1) is 8.88. The number of ether oxygens (including phenoxy) is 1. The molecule has 0 bridgehead atoms. The molecule has 0 aliphatic heterocycles. The van der Waals surface area contributed by atoms with Crippen LogP contribution in [-0.4, -0.2) is 24.2 Å². The normalized spacial score (nSPS) is 19.8. The van der Waals surface area contributed by atoms with Crippen LogP contribution in [0.1, 0.15) is 72.6 Å². The minimum atomic E-state index is -0.371. The van der Waals surface area contributed by atoms with Crippen molar-refractivity contribution in [3.63, 3.8) is 0 Å². The summed E-state index contributed by atoms with van der Waals surface area (Å²) in [5.74, 6) is 0.675. The van der Waals surface area contributed by atoms with Gasteiger partial charge < -0.3 is 10.1 Å². The number of carbonyl (C=O) groups is 1. The Hall–Kier alpha value is -0.570. The summed E-state index contributed by atoms with van der Waals surface area (Å²) in [5.41, 5.74) is -0.371. The number of nitrogens with one attached hydrogen (secondary N) is 1. The minimum Gasteiger partial charge on any atom is -0.460 e. The van der Waals surface area contributed by atoms with E-state index in [1.807, 2.05) is 20.8 Å². The molecule has 0 spiro atoms. The van der Waals surface area contributed by atoms with Crippen molar-refractivity contribution < 1.29 is 9.53 Å². The number of carbonyl (C=O) groups excluding carboxylic acids is 1. The van der Waals surface area contributed by atoms with Gasteiger partial charge in [-0.2, -0.15) is 0 Å². The largest absolute Gasteiger partial charge is 0.460 e. The Morgan fingerprint density at radius 2 is 1.79 bits per heavy atom. The molecule has 1 aliphatic carbocycles. The monoisotopic (exact) mass is 269 g/mol. The van der Waals surface area contributed by atoms with Gasteiger partial charge in [0.25, 0.3) is 0 Å². The molecule has 0 unspecified atom stereocenters. The number of hydrogen-bond acceptors (Lipinski definition) is 3. The lowest BCUT2D eigenvalue weighted by Crippen LogP contribution is -2.35. The average Bonchev–Trinajstić information content (AvgIpc) is 2.54. The van der Waals surface area contributed by atoms with Crippen molar-refractivity contribution >= 4 is 5.97 Å². The molecule has 112 valence electrons. The topological polar surface area (TPSA) is 38.3 Å². The van der Waals surface area contributed by atoms with Gasteiger partial charge in [0, 0.05) is 12.6 Å². The third kappa shape index (κ3) is 7.56. The van der Waals surface area contributed by atoms with E-state index in [9.17, 15) is 4.79 Å². The molecule has 1 saturated carbocycles. The van der Waals surface area contributed by atoms with Crippen LogP contribution >= 0.6 is 0 Å². The molecule has 3 heteroatoms. The van der Waals surface area contributed by atoms with Gasteiger partial charge in [-0.3, -0.25) is 4.79 Å². The second-order valence-electron chi connectivity index (χ2n) is 6.83. The maximum Gasteiger partial charge on any atom is 0.307 e. The molecule has 0 aromatic carbocycles. The third-order valence-electron chi connectivity index (χ3n) is 3.82. The molecule has 0 saturated heterocycles. The van der Waals surface area contributed by atoms with Gasteiger partial charge >= 0.3 is 5.97 Å². The van der Waals surface area contributed by atoms with Crippen molar-refractivity contribution in [1.29, 1.82) is 0 Å². The molecular weight excluding hydrogens is 238 g/mol. The summed E-state index contributed by atoms with van der Waals surface area (Å²) in [6.45, 7) is 8.71. The van der Waals surface area contributed by atoms with Gasteiger partial charge in [-0.1, -0.05) is 25.7 Å². The van der Waals surface area contributed by atoms with Crippen LogP contribution in [0.3, 0.4) is 0 Å². The van der Waals surface area contributed by atoms with Crippen molar-refractivity contribution in [3.8, 4) is 0 Å². The Morgan fingerprint density at radius 1 is 1.21 bits per heavy atom. The van der Waals surface area contributed by atoms with Crippen LogP contribution in [0, 0.1) is 5.92 Å². The highest BCUT2D eigenvalue weighted by Gasteiger charge is 2.19. The van der Waals surface area contributed by atoms with Crippen LogP contribution < -0.4 is 5.32 Å². The van der Waals surface area contributed by atoms with Crippen LogP contribution in [0.4, 0.5) is 0 Å². The van der Waals surface area contributed by atoms with E-state index in [-0.39, 0.29) is 11.6 Å². The van der Waals surface area contributed by atoms with E-state index in [2.05, 4.69) is 12.2 Å². The van der Waals surface area contributed by atoms with Gasteiger partial charge in [-0.25, -0.2) is 0 Å². The van der Waals surface area contributed by atoms with Crippen molar-refractivity contribution in [2.45, 2.75) is 84.3 Å². The summed E-state index contributed by atoms with van der Waals surface area (Å²) in [5, 5.41) is 3.50. The predicted molar refractivity (Wildman–Crippen MR) is 79.1 cm³/mol. The van der Waals surface area contributed by atoms with Crippen LogP contribution in [-0.2, 0) is 9.53 Å². The maximum absolute atomic E-state index is 11.6. The second-order valence-corrected chi connectivity index (χ2v) is 6.83. The van der Waals surface area contributed by atoms with Gasteiger partial charge in [0.15, 0.2) is 0 Å². The summed E-state index contributed by atoms with van der Waals surface area (Å²) < 4.78 is 5.31. The molecule has 1 fully saturated rings. The predicted octanol–water partition coefficient (Wildman–Crippen LogP) is 3.67. The van der Waals surface area contributed by atoms with Gasteiger partial charge in [0.2, 0.25) is 0 Å². The summed E-state index contributed by atoms with van der Waals surface area (Å²) in [7, 11) is 0. The van der Waals surface area contributed by atoms with Crippen LogP contribution in [0.2, 0.25) is 0 Å². The maximum atomic E-state index is 11.6. The first kappa shape index (κ1) is 16.5. The van der Waals surface area contributed by atoms with Crippen LogP contribution in [0.5, 0.6) is 0 Å². The van der Waals surface area contributed by atoms with Crippen LogP contribution in [0.25, 0.3) is 0 Å². The fourth-order valence-corrected chi connectivity index (χ4v) is 2.77. The molecule has 19 heavy (non-hydrogen) atoms. The molecule has 0 aromatic rings. The quantitative estimate of drug-likeness (QED) is 0.611. The number of esters is 1. The third-order valence-corrected chi connectivity index (χ3v) is 3.82. The molecule has 3 nitrogen and oxygen atoms in total. The van der Waals surface area contributed by atoms with Crippen molar-refractivity contribution in [3.05, 3.63) is 0 Å². The van der Waals surface area contributed by atoms with E-state index >= 15 is 0 Å². The summed E-state index contributed by atoms with van der Waals surface area (Å²) in [6, 6.07) is 0.514. The van der Waals surface area contributed by atoms with E-state index in [0.29, 0.717) is 12.5 Å². The van der Waals surface area contributed by atoms with E-state index in [0.717, 1.165) is 12.5 Å². The smallest absolute Gasteiger partial charge is 0.307 e. The zero-order chi connectivity index (χ0) is 14.3. The molecule has 1 N–H and O–H groups in total. The minimum absolute atomic E-state index is 0.104. The molecule has 0 radical (unpaired) electrons. The standard InChI is InChI=1S/C16H31NO2/c1-13(14-9-7-5-6-8-10-14)17-12-11-15(18)19-16(2,3)4/h13-14,17H,5-12H2,1-4H3/t13-/m1/s1. The van der Waals surface area contributed by atoms with Crippen molar-refractivity contribution in [1.82, 2.24) is 5.32 Å². The molecule has 0 heterocycles. The second kappa shape index (κ2) is 7.88. The number of hydrogen-bond donors (Lipinski definition) is 1. The van der Waals surface area contributed by atoms with Crippen molar-refractivity contribution in [2.24, 2.45) is 5.92 Å². The lowest BCUT2D eigenvalue weighted by atomic mass is 9.93. The van der Waals surface area contributed by atoms with Crippen molar-refractivity contribution in [2.75, 3.05) is 6.54 Å². The summed E-state index contributed by atoms with van der Waals surface area (Å²) in [4.78, 5) is 11.6. The van der Waals surface area contributed by atoms with Crippen LogP contribution in [0.15, 0.2) is 0 Å². The van der Waals surface area contributed by atoms with Gasteiger partial charge in [-0.05, 0) is 46.5 Å². The highest BCUT2D eigenvalue weighted by molar-refractivity contribution is 5.70. The average molecular weight is 269 g/mol. The Morgan fingerprint density at radius 3 is 2.32 bits per heavy atom. The van der Waals surface area contributed by atoms with Gasteiger partial charge in [0.05, 0.1) is 6.42 Å². The lowest BCUT2D eigenvalue weighted by molar-refractivity contribution is -0.154. The summed E-state index contributed by atoms with van der Waals surface area (Å²) >= 11 is 0. The molecule has 1 atom stereocenters. The molecule has 0 aromatic heterocycles.